The third-order valence-electron chi connectivity index (χ3n) is 1.80. The summed E-state index contributed by atoms with van der Waals surface area (Å²) in [6, 6.07) is 1.73. The third kappa shape index (κ3) is 2.52. The van der Waals surface area contributed by atoms with Gasteiger partial charge in [0.1, 0.15) is 11.8 Å². The Morgan fingerprint density at radius 1 is 1.69 bits per heavy atom. The molecule has 1 N–H and O–H groups in total. The van der Waals surface area contributed by atoms with E-state index in [4.69, 9.17) is 10.4 Å². The second-order valence-corrected chi connectivity index (χ2v) is 3.63. The Balaban J connectivity index is 3.37. The monoisotopic (exact) mass is 290 g/mol. The Morgan fingerprint density at radius 3 is 2.75 bits per heavy atom. The summed E-state index contributed by atoms with van der Waals surface area (Å²) in [4.78, 5) is 13.9. The largest absolute Gasteiger partial charge is 0.481 e. The van der Waals surface area contributed by atoms with E-state index in [0.29, 0.717) is 0 Å². The zero-order chi connectivity index (χ0) is 12.3. The van der Waals surface area contributed by atoms with Crippen molar-refractivity contribution in [3.8, 4) is 6.07 Å². The minimum absolute atomic E-state index is 0.0284. The molecule has 1 aromatic heterocycles. The lowest BCUT2D eigenvalue weighted by atomic mass is 10.1. The van der Waals surface area contributed by atoms with Gasteiger partial charge < -0.3 is 5.11 Å². The SMILES string of the molecule is N#Cc1cnc(C(F)F)c(CC(=O)O)c1Br. The highest BCUT2D eigenvalue weighted by atomic mass is 79.9. The zero-order valence-corrected chi connectivity index (χ0v) is 9.33. The highest BCUT2D eigenvalue weighted by Crippen LogP contribution is 2.29. The number of nitrogens with zero attached hydrogens (tertiary/aromatic N) is 2. The normalized spacial score (nSPS) is 10.2. The highest BCUT2D eigenvalue weighted by Gasteiger charge is 2.21. The van der Waals surface area contributed by atoms with Crippen LogP contribution in [0.25, 0.3) is 0 Å². The van der Waals surface area contributed by atoms with Crippen molar-refractivity contribution < 1.29 is 18.7 Å². The summed E-state index contributed by atoms with van der Waals surface area (Å²) < 4.78 is 25.1. The summed E-state index contributed by atoms with van der Waals surface area (Å²) in [7, 11) is 0. The number of aromatic nitrogens is 1. The number of alkyl halides is 2. The molecule has 0 spiro atoms. The van der Waals surface area contributed by atoms with Crippen molar-refractivity contribution >= 4 is 21.9 Å². The van der Waals surface area contributed by atoms with Gasteiger partial charge in [-0.3, -0.25) is 9.78 Å². The van der Waals surface area contributed by atoms with Crippen LogP contribution >= 0.6 is 15.9 Å². The van der Waals surface area contributed by atoms with E-state index in [1.54, 1.807) is 6.07 Å². The summed E-state index contributed by atoms with van der Waals surface area (Å²) in [6.07, 6.45) is -2.50. The van der Waals surface area contributed by atoms with E-state index in [9.17, 15) is 13.6 Å². The number of carboxylic acid groups (broad SMARTS) is 1. The molecule has 16 heavy (non-hydrogen) atoms. The molecule has 4 nitrogen and oxygen atoms in total. The van der Waals surface area contributed by atoms with Gasteiger partial charge in [-0.25, -0.2) is 8.78 Å². The van der Waals surface area contributed by atoms with Gasteiger partial charge in [0.25, 0.3) is 6.43 Å². The lowest BCUT2D eigenvalue weighted by Crippen LogP contribution is -2.08. The van der Waals surface area contributed by atoms with Gasteiger partial charge in [0, 0.05) is 16.2 Å². The van der Waals surface area contributed by atoms with Crippen LogP contribution in [0.3, 0.4) is 0 Å². The van der Waals surface area contributed by atoms with Gasteiger partial charge in [0.2, 0.25) is 0 Å². The molecule has 0 fully saturated rings. The first-order valence-corrected chi connectivity index (χ1v) is 4.84. The molecule has 0 radical (unpaired) electrons. The van der Waals surface area contributed by atoms with Crippen LogP contribution in [0.15, 0.2) is 10.7 Å². The van der Waals surface area contributed by atoms with Gasteiger partial charge in [-0.05, 0) is 15.9 Å². The van der Waals surface area contributed by atoms with E-state index in [1.807, 2.05) is 0 Å². The lowest BCUT2D eigenvalue weighted by molar-refractivity contribution is -0.136. The van der Waals surface area contributed by atoms with Crippen LogP contribution in [-0.4, -0.2) is 16.1 Å². The average molecular weight is 291 g/mol. The smallest absolute Gasteiger partial charge is 0.307 e. The van der Waals surface area contributed by atoms with Crippen molar-refractivity contribution in [2.24, 2.45) is 0 Å². The van der Waals surface area contributed by atoms with Gasteiger partial charge >= 0.3 is 5.97 Å². The molecule has 0 atom stereocenters. The number of pyridine rings is 1. The molecule has 0 aromatic carbocycles. The van der Waals surface area contributed by atoms with Crippen LogP contribution in [-0.2, 0) is 11.2 Å². The predicted molar refractivity (Wildman–Crippen MR) is 52.9 cm³/mol. The number of carboxylic acids is 1. The number of aliphatic carboxylic acids is 1. The summed E-state index contributed by atoms with van der Waals surface area (Å²) in [5, 5.41) is 17.2. The first-order chi connectivity index (χ1) is 7.47. The van der Waals surface area contributed by atoms with Crippen LogP contribution in [0.5, 0.6) is 0 Å². The Morgan fingerprint density at radius 2 is 2.31 bits per heavy atom. The summed E-state index contributed by atoms with van der Waals surface area (Å²) in [6.45, 7) is 0. The molecule has 0 saturated carbocycles. The van der Waals surface area contributed by atoms with E-state index >= 15 is 0 Å². The van der Waals surface area contributed by atoms with Crippen molar-refractivity contribution in [2.75, 3.05) is 0 Å². The molecule has 0 unspecified atom stereocenters. The molecular weight excluding hydrogens is 286 g/mol. The van der Waals surface area contributed by atoms with E-state index in [2.05, 4.69) is 20.9 Å². The average Bonchev–Trinajstić information content (AvgIpc) is 2.19. The second-order valence-electron chi connectivity index (χ2n) is 2.83. The first-order valence-electron chi connectivity index (χ1n) is 4.04. The number of hydrogen-bond acceptors (Lipinski definition) is 3. The fourth-order valence-corrected chi connectivity index (χ4v) is 1.66. The van der Waals surface area contributed by atoms with Crippen LogP contribution in [0.4, 0.5) is 8.78 Å². The highest BCUT2D eigenvalue weighted by molar-refractivity contribution is 9.10. The molecule has 0 aliphatic rings. The molecule has 0 aliphatic heterocycles. The second kappa shape index (κ2) is 4.99. The van der Waals surface area contributed by atoms with Gasteiger partial charge in [-0.15, -0.1) is 0 Å². The van der Waals surface area contributed by atoms with Gasteiger partial charge in [0.15, 0.2) is 0 Å². The summed E-state index contributed by atoms with van der Waals surface area (Å²) in [5.74, 6) is -1.26. The molecule has 1 aromatic rings. The Hall–Kier alpha value is -1.55. The van der Waals surface area contributed by atoms with Crippen LogP contribution in [0, 0.1) is 11.3 Å². The van der Waals surface area contributed by atoms with Crippen molar-refractivity contribution in [1.82, 2.24) is 4.98 Å². The van der Waals surface area contributed by atoms with Crippen LogP contribution in [0.1, 0.15) is 23.2 Å². The minimum Gasteiger partial charge on any atom is -0.481 e. The van der Waals surface area contributed by atoms with E-state index < -0.39 is 24.5 Å². The maximum Gasteiger partial charge on any atom is 0.307 e. The number of carbonyl (C=O) groups is 1. The third-order valence-corrected chi connectivity index (χ3v) is 2.70. The Kier molecular flexibility index (Phi) is 3.90. The quantitative estimate of drug-likeness (QED) is 0.927. The fraction of sp³-hybridized carbons (Fsp3) is 0.222. The van der Waals surface area contributed by atoms with Gasteiger partial charge in [0.05, 0.1) is 12.0 Å². The predicted octanol–water partition coefficient (Wildman–Crippen LogP) is 2.28. The first kappa shape index (κ1) is 12.5. The molecule has 0 bridgehead atoms. The molecule has 0 amide bonds. The zero-order valence-electron chi connectivity index (χ0n) is 7.75. The maximum absolute atomic E-state index is 12.5. The Labute approximate surface area is 97.7 Å². The molecule has 7 heteroatoms. The van der Waals surface area contributed by atoms with E-state index in [1.165, 1.54) is 0 Å². The topological polar surface area (TPSA) is 74.0 Å². The standard InChI is InChI=1S/C9H5BrF2N2O2/c10-7-4(2-13)3-14-8(9(11)12)5(7)1-6(15)16/h3,9H,1H2,(H,15,16). The minimum atomic E-state index is -2.88. The molecule has 1 heterocycles. The molecule has 84 valence electrons. The molecule has 0 aliphatic carbocycles. The maximum atomic E-state index is 12.5. The van der Waals surface area contributed by atoms with Gasteiger partial charge in [-0.2, -0.15) is 5.26 Å². The molecule has 0 saturated heterocycles. The molecular formula is C9H5BrF2N2O2. The van der Waals surface area contributed by atoms with Crippen molar-refractivity contribution in [3.63, 3.8) is 0 Å². The summed E-state index contributed by atoms with van der Waals surface area (Å²) in [5.41, 5.74) is -0.754. The van der Waals surface area contributed by atoms with Crippen molar-refractivity contribution in [3.05, 3.63) is 27.5 Å². The number of hydrogen-bond donors (Lipinski definition) is 1. The number of nitriles is 1. The van der Waals surface area contributed by atoms with E-state index in [-0.39, 0.29) is 15.6 Å². The lowest BCUT2D eigenvalue weighted by Gasteiger charge is -2.09. The summed E-state index contributed by atoms with van der Waals surface area (Å²) >= 11 is 2.93. The molecule has 1 rings (SSSR count). The number of halogens is 3. The van der Waals surface area contributed by atoms with Crippen molar-refractivity contribution in [2.45, 2.75) is 12.8 Å². The Bertz CT molecular complexity index is 471. The van der Waals surface area contributed by atoms with Gasteiger partial charge in [-0.1, -0.05) is 0 Å². The fourth-order valence-electron chi connectivity index (χ4n) is 1.13. The van der Waals surface area contributed by atoms with Crippen molar-refractivity contribution in [1.29, 1.82) is 5.26 Å². The van der Waals surface area contributed by atoms with Crippen LogP contribution in [0.2, 0.25) is 0 Å². The number of rotatable bonds is 3. The van der Waals surface area contributed by atoms with E-state index in [0.717, 1.165) is 6.20 Å². The van der Waals surface area contributed by atoms with Crippen LogP contribution < -0.4 is 0 Å².